The van der Waals surface area contributed by atoms with Crippen molar-refractivity contribution in [1.29, 1.82) is 0 Å². The number of phosphoric ester groups is 1. The molecule has 442 valence electrons. The van der Waals surface area contributed by atoms with E-state index in [9.17, 15) is 52.1 Å². The SMILES string of the molecule is C[N+]1(Cc2cc(C(O)CNCCCCCCOCCCCc3ccccc3)ccc2OP(=O)(O)O)CCC(CNC(=O)C2CCCN2C(=O)[C@H]2C[C@H](O)CN2C(=O)CC(c2ccc(F)cc2)(c2ccc(F)cc2)c2ccc(F)cc2)CC1. The summed E-state index contributed by atoms with van der Waals surface area (Å²) in [5.41, 5.74) is 2.49. The fraction of sp³-hybridized carbons (Fsp3) is 0.476. The largest absolute Gasteiger partial charge is 0.524 e. The van der Waals surface area contributed by atoms with Crippen molar-refractivity contribution in [2.24, 2.45) is 5.92 Å². The van der Waals surface area contributed by atoms with E-state index in [1.165, 1.54) is 94.2 Å². The first-order chi connectivity index (χ1) is 39.4. The van der Waals surface area contributed by atoms with Crippen LogP contribution in [-0.2, 0) is 42.1 Å². The van der Waals surface area contributed by atoms with E-state index in [2.05, 4.69) is 41.9 Å². The summed E-state index contributed by atoms with van der Waals surface area (Å²) in [6.07, 6.45) is 7.35. The van der Waals surface area contributed by atoms with Crippen LogP contribution in [0.2, 0.25) is 0 Å². The molecule has 4 atom stereocenters. The third-order valence-electron chi connectivity index (χ3n) is 16.7. The van der Waals surface area contributed by atoms with Crippen LogP contribution >= 0.6 is 7.82 Å². The molecule has 3 saturated heterocycles. The molecule has 3 fully saturated rings. The topological polar surface area (TPSA) is 198 Å². The monoisotopic (exact) mass is 1150 g/mol. The van der Waals surface area contributed by atoms with Crippen molar-refractivity contribution in [2.75, 3.05) is 66.1 Å². The van der Waals surface area contributed by atoms with Gasteiger partial charge in [0.05, 0.1) is 37.8 Å². The van der Waals surface area contributed by atoms with Crippen LogP contribution in [0, 0.1) is 23.4 Å². The van der Waals surface area contributed by atoms with Gasteiger partial charge in [0, 0.05) is 70.6 Å². The van der Waals surface area contributed by atoms with E-state index in [1.807, 2.05) is 6.07 Å². The molecule has 19 heteroatoms. The first kappa shape index (κ1) is 62.1. The number of nitrogens with zero attached hydrogens (tertiary/aromatic N) is 3. The minimum atomic E-state index is -4.90. The predicted octanol–water partition coefficient (Wildman–Crippen LogP) is 8.65. The summed E-state index contributed by atoms with van der Waals surface area (Å²) in [7, 11) is -2.84. The summed E-state index contributed by atoms with van der Waals surface area (Å²) in [6, 6.07) is 30.0. The number of piperidine rings is 1. The molecular weight excluding hydrogens is 1070 g/mol. The summed E-state index contributed by atoms with van der Waals surface area (Å²) in [5.74, 6) is -2.76. The lowest BCUT2D eigenvalue weighted by molar-refractivity contribution is -0.928. The van der Waals surface area contributed by atoms with Gasteiger partial charge in [0.25, 0.3) is 0 Å². The number of halogens is 3. The van der Waals surface area contributed by atoms with Gasteiger partial charge < -0.3 is 44.4 Å². The van der Waals surface area contributed by atoms with E-state index in [0.29, 0.717) is 77.9 Å². The van der Waals surface area contributed by atoms with Crippen LogP contribution in [0.1, 0.15) is 117 Å². The Bertz CT molecular complexity index is 2800. The molecule has 0 radical (unpaired) electrons. The molecule has 3 heterocycles. The van der Waals surface area contributed by atoms with Crippen LogP contribution in [0.15, 0.2) is 121 Å². The minimum Gasteiger partial charge on any atom is -0.404 e. The molecular formula is C63H80F3N5O10P+. The second-order valence-electron chi connectivity index (χ2n) is 22.8. The van der Waals surface area contributed by atoms with Gasteiger partial charge in [-0.1, -0.05) is 85.6 Å². The molecule has 15 nitrogen and oxygen atoms in total. The van der Waals surface area contributed by atoms with Gasteiger partial charge in [-0.05, 0) is 134 Å². The van der Waals surface area contributed by atoms with Gasteiger partial charge >= 0.3 is 7.82 Å². The van der Waals surface area contributed by atoms with Crippen molar-refractivity contribution in [3.05, 3.63) is 172 Å². The number of hydrogen-bond acceptors (Lipinski definition) is 9. The van der Waals surface area contributed by atoms with Crippen molar-refractivity contribution >= 4 is 25.5 Å². The highest BCUT2D eigenvalue weighted by Gasteiger charge is 2.48. The van der Waals surface area contributed by atoms with E-state index < -0.39 is 66.8 Å². The zero-order valence-corrected chi connectivity index (χ0v) is 47.8. The Morgan fingerprint density at radius 2 is 1.35 bits per heavy atom. The van der Waals surface area contributed by atoms with Crippen molar-refractivity contribution in [1.82, 2.24) is 20.4 Å². The highest BCUT2D eigenvalue weighted by atomic mass is 31.2. The number of hydrogen-bond donors (Lipinski definition) is 6. The molecule has 0 spiro atoms. The fourth-order valence-corrected chi connectivity index (χ4v) is 12.6. The van der Waals surface area contributed by atoms with Gasteiger partial charge in [-0.15, -0.1) is 0 Å². The first-order valence-corrected chi connectivity index (χ1v) is 30.5. The third-order valence-corrected chi connectivity index (χ3v) is 17.1. The number of β-amino-alcohol motifs (C(OH)–C–C–N with tert-alkyl or cyclic N) is 1. The van der Waals surface area contributed by atoms with Crippen LogP contribution in [0.5, 0.6) is 5.75 Å². The number of aliphatic hydroxyl groups is 2. The molecule has 3 aliphatic rings. The number of nitrogens with one attached hydrogen (secondary N) is 2. The van der Waals surface area contributed by atoms with Crippen LogP contribution in [-0.4, -0.2) is 136 Å². The molecule has 5 aromatic carbocycles. The van der Waals surface area contributed by atoms with Crippen LogP contribution < -0.4 is 15.2 Å². The smallest absolute Gasteiger partial charge is 0.404 e. The Hall–Kier alpha value is -5.95. The summed E-state index contributed by atoms with van der Waals surface area (Å²) in [6.45, 7) is 4.76. The molecule has 0 aliphatic carbocycles. The quantitative estimate of drug-likeness (QED) is 0.0121. The highest BCUT2D eigenvalue weighted by molar-refractivity contribution is 7.46. The standard InChI is InChI=1S/C63H79F3N5O10P/c1-71(44-48-38-47(16-29-59(48)81-82(77,78)79)58(73)42-67-32-8-2-3-9-36-80-37-10-7-14-45-12-5-4-6-13-45)34-30-46(31-35-71)41-68-61(75)56-15-11-33-69(56)62(76)57-39-55(72)43-70(57)60(74)40-63(49-17-23-52(64)24-18-49,50-19-25-53(65)26-20-50)51-21-27-54(66)28-22-51/h4-6,12-13,16-29,38,46,55-58,67,72-73H,2-3,7-11,14-15,30-37,39-44H2,1H3,(H2-,68,75,77,78,79)/p+1/t46?,55-,56?,57+,58?,71?/m0/s1. The number of aryl methyl sites for hydroxylation is 1. The second kappa shape index (κ2) is 29.0. The van der Waals surface area contributed by atoms with E-state index >= 15 is 0 Å². The lowest BCUT2D eigenvalue weighted by Gasteiger charge is -2.41. The van der Waals surface area contributed by atoms with Gasteiger partial charge in [-0.3, -0.25) is 24.2 Å². The van der Waals surface area contributed by atoms with Gasteiger partial charge in [0.1, 0.15) is 41.8 Å². The molecule has 0 bridgehead atoms. The summed E-state index contributed by atoms with van der Waals surface area (Å²) in [5, 5.41) is 28.7. The number of quaternary nitrogens is 1. The zero-order valence-electron chi connectivity index (χ0n) is 46.9. The number of likely N-dealkylation sites (tertiary alicyclic amines) is 3. The average molecular weight is 1160 g/mol. The lowest BCUT2D eigenvalue weighted by Crippen LogP contribution is -2.54. The number of carbonyl (C=O) groups excluding carboxylic acids is 3. The van der Waals surface area contributed by atoms with E-state index in [1.54, 1.807) is 12.1 Å². The molecule has 5 aromatic rings. The minimum absolute atomic E-state index is 0.0468. The Labute approximate surface area is 479 Å². The Morgan fingerprint density at radius 3 is 1.96 bits per heavy atom. The van der Waals surface area contributed by atoms with Gasteiger partial charge in [0.2, 0.25) is 17.7 Å². The third kappa shape index (κ3) is 16.9. The molecule has 2 unspecified atom stereocenters. The molecule has 3 aliphatic heterocycles. The van der Waals surface area contributed by atoms with Crippen LogP contribution in [0.3, 0.4) is 0 Å². The lowest BCUT2D eigenvalue weighted by atomic mass is 9.67. The Balaban J connectivity index is 0.817. The molecule has 0 aromatic heterocycles. The predicted molar refractivity (Wildman–Crippen MR) is 306 cm³/mol. The highest BCUT2D eigenvalue weighted by Crippen LogP contribution is 2.45. The fourth-order valence-electron chi connectivity index (χ4n) is 12.1. The Kier molecular flexibility index (Phi) is 22.0. The number of aliphatic hydroxyl groups excluding tert-OH is 2. The molecule has 8 rings (SSSR count). The van der Waals surface area contributed by atoms with Gasteiger partial charge in [-0.25, -0.2) is 17.7 Å². The number of benzene rings is 5. The van der Waals surface area contributed by atoms with E-state index in [0.717, 1.165) is 77.5 Å². The maximum atomic E-state index is 14.8. The maximum Gasteiger partial charge on any atom is 0.524 e. The number of amides is 3. The van der Waals surface area contributed by atoms with E-state index in [-0.39, 0.29) is 43.5 Å². The van der Waals surface area contributed by atoms with Crippen molar-refractivity contribution in [3.63, 3.8) is 0 Å². The van der Waals surface area contributed by atoms with Crippen LogP contribution in [0.25, 0.3) is 0 Å². The van der Waals surface area contributed by atoms with Crippen LogP contribution in [0.4, 0.5) is 13.2 Å². The molecule has 0 saturated carbocycles. The first-order valence-electron chi connectivity index (χ1n) is 29.0. The number of unbranched alkanes of at least 4 members (excludes halogenated alkanes) is 4. The zero-order chi connectivity index (χ0) is 58.3. The van der Waals surface area contributed by atoms with Gasteiger partial charge in [0.15, 0.2) is 0 Å². The number of ether oxygens (including phenoxy) is 1. The molecule has 3 amide bonds. The summed E-state index contributed by atoms with van der Waals surface area (Å²) < 4.78 is 66.8. The second-order valence-corrected chi connectivity index (χ2v) is 24.0. The van der Waals surface area contributed by atoms with Crippen molar-refractivity contribution in [2.45, 2.75) is 120 Å². The number of carbonyl (C=O) groups is 3. The average Bonchev–Trinajstić information content (AvgIpc) is 2.59. The Morgan fingerprint density at radius 1 is 0.756 bits per heavy atom. The summed E-state index contributed by atoms with van der Waals surface area (Å²) in [4.78, 5) is 65.9. The molecule has 6 N–H and O–H groups in total. The van der Waals surface area contributed by atoms with Gasteiger partial charge in [-0.2, -0.15) is 0 Å². The van der Waals surface area contributed by atoms with Crippen molar-refractivity contribution in [3.8, 4) is 5.75 Å². The van der Waals surface area contributed by atoms with E-state index in [4.69, 9.17) is 9.26 Å². The molecule has 82 heavy (non-hydrogen) atoms. The number of rotatable bonds is 28. The number of phosphoric acid groups is 1. The maximum absolute atomic E-state index is 14.8. The normalized spacial score (nSPS) is 20.7. The van der Waals surface area contributed by atoms with Crippen molar-refractivity contribution < 1.29 is 65.9 Å². The summed E-state index contributed by atoms with van der Waals surface area (Å²) >= 11 is 0.